The summed E-state index contributed by atoms with van der Waals surface area (Å²) in [6.45, 7) is 0.357. The molecule has 0 radical (unpaired) electrons. The van der Waals surface area contributed by atoms with E-state index in [4.69, 9.17) is 14.4 Å². The number of ether oxygens (including phenoxy) is 1. The molecule has 0 aliphatic rings. The zero-order valence-corrected chi connectivity index (χ0v) is 14.0. The second-order valence-corrected chi connectivity index (χ2v) is 5.53. The maximum atomic E-state index is 11.8. The van der Waals surface area contributed by atoms with E-state index in [0.29, 0.717) is 30.2 Å². The first-order chi connectivity index (χ1) is 12.7. The number of amides is 1. The molecule has 3 aromatic rings. The van der Waals surface area contributed by atoms with E-state index >= 15 is 0 Å². The smallest absolute Gasteiger partial charge is 0.257 e. The molecular weight excluding hydrogens is 330 g/mol. The Morgan fingerprint density at radius 2 is 1.92 bits per heavy atom. The minimum Gasteiger partial charge on any atom is -0.484 e. The summed E-state index contributed by atoms with van der Waals surface area (Å²) in [5, 5.41) is 11.5. The molecule has 6 nitrogen and oxygen atoms in total. The van der Waals surface area contributed by atoms with Crippen LogP contribution in [0.5, 0.6) is 5.75 Å². The van der Waals surface area contributed by atoms with E-state index in [9.17, 15) is 4.79 Å². The SMILES string of the molecule is N#Cc1ccc(OCC(=O)NCCc2coc(-c3ccccc3)n2)cc1. The number of hydrogen-bond donors (Lipinski definition) is 1. The number of nitriles is 1. The molecule has 130 valence electrons. The second-order valence-electron chi connectivity index (χ2n) is 5.53. The quantitative estimate of drug-likeness (QED) is 0.710. The first kappa shape index (κ1) is 17.2. The molecule has 0 aliphatic carbocycles. The van der Waals surface area contributed by atoms with Gasteiger partial charge in [0.05, 0.1) is 17.3 Å². The van der Waals surface area contributed by atoms with Gasteiger partial charge in [-0.25, -0.2) is 4.98 Å². The highest BCUT2D eigenvalue weighted by Crippen LogP contribution is 2.17. The zero-order valence-electron chi connectivity index (χ0n) is 14.0. The van der Waals surface area contributed by atoms with Crippen molar-refractivity contribution in [1.29, 1.82) is 5.26 Å². The molecule has 0 spiro atoms. The summed E-state index contributed by atoms with van der Waals surface area (Å²) >= 11 is 0. The number of nitrogens with zero attached hydrogens (tertiary/aromatic N) is 2. The molecule has 6 heteroatoms. The molecule has 1 N–H and O–H groups in total. The van der Waals surface area contributed by atoms with Crippen LogP contribution < -0.4 is 10.1 Å². The Bertz CT molecular complexity index is 896. The van der Waals surface area contributed by atoms with Gasteiger partial charge in [0.15, 0.2) is 6.61 Å². The standard InChI is InChI=1S/C20H17N3O3/c21-12-15-6-8-18(9-7-15)25-14-19(24)22-11-10-17-13-26-20(23-17)16-4-2-1-3-5-16/h1-9,13H,10-11,14H2,(H,22,24). The Hall–Kier alpha value is -3.59. The molecule has 0 saturated carbocycles. The Morgan fingerprint density at radius 1 is 1.15 bits per heavy atom. The molecule has 3 rings (SSSR count). The van der Waals surface area contributed by atoms with E-state index in [0.717, 1.165) is 11.3 Å². The number of nitrogens with one attached hydrogen (secondary N) is 1. The molecule has 0 atom stereocenters. The fourth-order valence-electron chi connectivity index (χ4n) is 2.29. The largest absolute Gasteiger partial charge is 0.484 e. The number of oxazole rings is 1. The van der Waals surface area contributed by atoms with Crippen molar-refractivity contribution in [2.45, 2.75) is 6.42 Å². The Balaban J connectivity index is 1.41. The summed E-state index contributed by atoms with van der Waals surface area (Å²) in [6.07, 6.45) is 2.17. The van der Waals surface area contributed by atoms with Crippen molar-refractivity contribution in [2.75, 3.05) is 13.2 Å². The average Bonchev–Trinajstić information content (AvgIpc) is 3.16. The third-order valence-electron chi connectivity index (χ3n) is 3.63. The van der Waals surface area contributed by atoms with Crippen LogP contribution >= 0.6 is 0 Å². The highest BCUT2D eigenvalue weighted by atomic mass is 16.5. The lowest BCUT2D eigenvalue weighted by Gasteiger charge is -2.06. The van der Waals surface area contributed by atoms with Crippen molar-refractivity contribution < 1.29 is 13.9 Å². The van der Waals surface area contributed by atoms with E-state index in [-0.39, 0.29) is 12.5 Å². The number of rotatable bonds is 7. The van der Waals surface area contributed by atoms with Crippen LogP contribution in [0.25, 0.3) is 11.5 Å². The second kappa shape index (κ2) is 8.49. The van der Waals surface area contributed by atoms with Gasteiger partial charge in [-0.05, 0) is 36.4 Å². The number of carbonyl (C=O) groups excluding carboxylic acids is 1. The van der Waals surface area contributed by atoms with Gasteiger partial charge in [0.1, 0.15) is 12.0 Å². The van der Waals surface area contributed by atoms with E-state index in [1.54, 1.807) is 30.5 Å². The van der Waals surface area contributed by atoms with Gasteiger partial charge in [-0.3, -0.25) is 4.79 Å². The van der Waals surface area contributed by atoms with Gasteiger partial charge < -0.3 is 14.5 Å². The predicted molar refractivity (Wildman–Crippen MR) is 95.3 cm³/mol. The van der Waals surface area contributed by atoms with Crippen molar-refractivity contribution in [1.82, 2.24) is 10.3 Å². The van der Waals surface area contributed by atoms with Crippen molar-refractivity contribution in [3.8, 4) is 23.3 Å². The molecule has 0 saturated heterocycles. The Labute approximate surface area is 151 Å². The molecule has 1 amide bonds. The summed E-state index contributed by atoms with van der Waals surface area (Å²) in [5.74, 6) is 0.889. The van der Waals surface area contributed by atoms with Crippen LogP contribution in [0.1, 0.15) is 11.3 Å². The lowest BCUT2D eigenvalue weighted by molar-refractivity contribution is -0.123. The molecule has 26 heavy (non-hydrogen) atoms. The summed E-state index contributed by atoms with van der Waals surface area (Å²) in [7, 11) is 0. The van der Waals surface area contributed by atoms with E-state index < -0.39 is 0 Å². The third-order valence-corrected chi connectivity index (χ3v) is 3.63. The monoisotopic (exact) mass is 347 g/mol. The van der Waals surface area contributed by atoms with Gasteiger partial charge >= 0.3 is 0 Å². The lowest BCUT2D eigenvalue weighted by Crippen LogP contribution is -2.30. The first-order valence-corrected chi connectivity index (χ1v) is 8.14. The third kappa shape index (κ3) is 4.71. The van der Waals surface area contributed by atoms with E-state index in [1.165, 1.54) is 0 Å². The van der Waals surface area contributed by atoms with Gasteiger partial charge in [0, 0.05) is 18.5 Å². The van der Waals surface area contributed by atoms with E-state index in [1.807, 2.05) is 36.4 Å². The summed E-state index contributed by atoms with van der Waals surface area (Å²) < 4.78 is 10.8. The minimum atomic E-state index is -0.221. The van der Waals surface area contributed by atoms with Crippen molar-refractivity contribution >= 4 is 5.91 Å². The normalized spacial score (nSPS) is 10.1. The van der Waals surface area contributed by atoms with Crippen LogP contribution in [0.4, 0.5) is 0 Å². The molecule has 2 aromatic carbocycles. The van der Waals surface area contributed by atoms with Gasteiger partial charge in [-0.1, -0.05) is 18.2 Å². The van der Waals surface area contributed by atoms with Gasteiger partial charge in [0.25, 0.3) is 5.91 Å². The molecular formula is C20H17N3O3. The maximum absolute atomic E-state index is 11.8. The number of benzene rings is 2. The first-order valence-electron chi connectivity index (χ1n) is 8.14. The number of aromatic nitrogens is 1. The summed E-state index contributed by atoms with van der Waals surface area (Å²) in [6, 6.07) is 18.3. The zero-order chi connectivity index (χ0) is 18.2. The molecule has 0 fully saturated rings. The van der Waals surface area contributed by atoms with Gasteiger partial charge in [-0.15, -0.1) is 0 Å². The number of carbonyl (C=O) groups is 1. The van der Waals surface area contributed by atoms with Crippen LogP contribution in [-0.2, 0) is 11.2 Å². The van der Waals surface area contributed by atoms with Crippen LogP contribution in [0.2, 0.25) is 0 Å². The average molecular weight is 347 g/mol. The maximum Gasteiger partial charge on any atom is 0.257 e. The lowest BCUT2D eigenvalue weighted by atomic mass is 10.2. The summed E-state index contributed by atoms with van der Waals surface area (Å²) in [4.78, 5) is 16.2. The molecule has 0 bridgehead atoms. The number of hydrogen-bond acceptors (Lipinski definition) is 5. The molecule has 0 aliphatic heterocycles. The minimum absolute atomic E-state index is 0.0834. The van der Waals surface area contributed by atoms with Crippen LogP contribution in [-0.4, -0.2) is 24.0 Å². The highest BCUT2D eigenvalue weighted by molar-refractivity contribution is 5.77. The fraction of sp³-hybridized carbons (Fsp3) is 0.150. The highest BCUT2D eigenvalue weighted by Gasteiger charge is 2.07. The van der Waals surface area contributed by atoms with Gasteiger partial charge in [-0.2, -0.15) is 5.26 Å². The van der Waals surface area contributed by atoms with Crippen LogP contribution in [0.3, 0.4) is 0 Å². The predicted octanol–water partition coefficient (Wildman–Crippen LogP) is 2.95. The van der Waals surface area contributed by atoms with Crippen LogP contribution in [0, 0.1) is 11.3 Å². The van der Waals surface area contributed by atoms with Crippen molar-refractivity contribution in [2.24, 2.45) is 0 Å². The topological polar surface area (TPSA) is 88.1 Å². The molecule has 1 aromatic heterocycles. The molecule has 0 unspecified atom stereocenters. The summed E-state index contributed by atoms with van der Waals surface area (Å²) in [5.41, 5.74) is 2.24. The Morgan fingerprint density at radius 3 is 2.65 bits per heavy atom. The fourth-order valence-corrected chi connectivity index (χ4v) is 2.29. The van der Waals surface area contributed by atoms with Gasteiger partial charge in [0.2, 0.25) is 5.89 Å². The van der Waals surface area contributed by atoms with Crippen molar-refractivity contribution in [3.63, 3.8) is 0 Å². The molecule has 1 heterocycles. The Kier molecular flexibility index (Phi) is 5.63. The van der Waals surface area contributed by atoms with E-state index in [2.05, 4.69) is 10.3 Å². The van der Waals surface area contributed by atoms with Crippen LogP contribution in [0.15, 0.2) is 65.3 Å². The van der Waals surface area contributed by atoms with Crippen molar-refractivity contribution in [3.05, 3.63) is 72.1 Å².